The Bertz CT molecular complexity index is 904. The number of anilines is 1. The standard InChI is InChI=1S/C16H20N4O3S2/c21-15-10-14(18-6-3-7-18)11-17-20(15)13-4-1-8-19(12-13)25(22,23)16-5-2-9-24-16/h2,5,9-11,13H,1,3-4,6-8,12H2/t13-/m1/s1. The number of sulfonamides is 1. The second kappa shape index (κ2) is 6.54. The molecule has 0 bridgehead atoms. The molecule has 2 aromatic heterocycles. The Morgan fingerprint density at radius 3 is 2.68 bits per heavy atom. The zero-order valence-electron chi connectivity index (χ0n) is 13.7. The first kappa shape index (κ1) is 16.7. The Kier molecular flexibility index (Phi) is 4.38. The van der Waals surface area contributed by atoms with Crippen molar-refractivity contribution in [1.82, 2.24) is 14.1 Å². The van der Waals surface area contributed by atoms with E-state index in [0.717, 1.165) is 38.0 Å². The van der Waals surface area contributed by atoms with Crippen LogP contribution in [0.25, 0.3) is 0 Å². The van der Waals surface area contributed by atoms with Crippen LogP contribution in [-0.2, 0) is 10.0 Å². The van der Waals surface area contributed by atoms with Gasteiger partial charge in [-0.1, -0.05) is 6.07 Å². The number of thiophene rings is 1. The van der Waals surface area contributed by atoms with Crippen LogP contribution in [0, 0.1) is 0 Å². The van der Waals surface area contributed by atoms with Crippen molar-refractivity contribution in [2.24, 2.45) is 0 Å². The largest absolute Gasteiger partial charge is 0.370 e. The molecule has 0 spiro atoms. The second-order valence-corrected chi connectivity index (χ2v) is 9.54. The molecule has 134 valence electrons. The van der Waals surface area contributed by atoms with E-state index < -0.39 is 10.0 Å². The average molecular weight is 380 g/mol. The van der Waals surface area contributed by atoms with Gasteiger partial charge in [0.15, 0.2) is 0 Å². The fourth-order valence-corrected chi connectivity index (χ4v) is 5.97. The van der Waals surface area contributed by atoms with Crippen LogP contribution < -0.4 is 10.5 Å². The van der Waals surface area contributed by atoms with Gasteiger partial charge in [-0.15, -0.1) is 11.3 Å². The van der Waals surface area contributed by atoms with E-state index in [4.69, 9.17) is 0 Å². The smallest absolute Gasteiger partial charge is 0.269 e. The van der Waals surface area contributed by atoms with Gasteiger partial charge in [-0.3, -0.25) is 4.79 Å². The first-order chi connectivity index (χ1) is 12.1. The highest BCUT2D eigenvalue weighted by molar-refractivity contribution is 7.91. The predicted octanol–water partition coefficient (Wildman–Crippen LogP) is 1.54. The highest BCUT2D eigenvalue weighted by atomic mass is 32.2. The van der Waals surface area contributed by atoms with E-state index in [9.17, 15) is 13.2 Å². The van der Waals surface area contributed by atoms with Gasteiger partial charge in [0.05, 0.1) is 17.9 Å². The molecule has 2 saturated heterocycles. The van der Waals surface area contributed by atoms with Crippen LogP contribution in [0.3, 0.4) is 0 Å². The number of rotatable bonds is 4. The topological polar surface area (TPSA) is 75.5 Å². The summed E-state index contributed by atoms with van der Waals surface area (Å²) in [6.07, 6.45) is 4.33. The molecular weight excluding hydrogens is 360 g/mol. The molecular formula is C16H20N4O3S2. The average Bonchev–Trinajstić information content (AvgIpc) is 3.09. The third kappa shape index (κ3) is 3.11. The Labute approximate surface area is 150 Å². The van der Waals surface area contributed by atoms with Gasteiger partial charge in [0.25, 0.3) is 15.6 Å². The van der Waals surface area contributed by atoms with Crippen LogP contribution in [-0.4, -0.2) is 48.7 Å². The monoisotopic (exact) mass is 380 g/mol. The van der Waals surface area contributed by atoms with Crippen molar-refractivity contribution < 1.29 is 8.42 Å². The predicted molar refractivity (Wildman–Crippen MR) is 96.7 cm³/mol. The first-order valence-electron chi connectivity index (χ1n) is 8.43. The van der Waals surface area contributed by atoms with E-state index in [1.54, 1.807) is 29.8 Å². The maximum atomic E-state index is 12.7. The number of nitrogens with zero attached hydrogens (tertiary/aromatic N) is 4. The Morgan fingerprint density at radius 2 is 2.04 bits per heavy atom. The highest BCUT2D eigenvalue weighted by Crippen LogP contribution is 2.28. The van der Waals surface area contributed by atoms with Crippen LogP contribution in [0.4, 0.5) is 5.69 Å². The second-order valence-electron chi connectivity index (χ2n) is 6.43. The van der Waals surface area contributed by atoms with Crippen molar-refractivity contribution in [2.75, 3.05) is 31.1 Å². The fourth-order valence-electron chi connectivity index (χ4n) is 3.31. The van der Waals surface area contributed by atoms with Crippen molar-refractivity contribution in [1.29, 1.82) is 0 Å². The molecule has 0 amide bonds. The van der Waals surface area contributed by atoms with Gasteiger partial charge in [0.1, 0.15) is 4.21 Å². The number of piperidine rings is 1. The molecule has 4 rings (SSSR count). The van der Waals surface area contributed by atoms with Gasteiger partial charge in [0.2, 0.25) is 0 Å². The van der Waals surface area contributed by atoms with E-state index in [1.807, 2.05) is 0 Å². The van der Waals surface area contributed by atoms with Gasteiger partial charge in [0, 0.05) is 32.2 Å². The lowest BCUT2D eigenvalue weighted by Crippen LogP contribution is -2.44. The summed E-state index contributed by atoms with van der Waals surface area (Å²) in [6.45, 7) is 2.69. The summed E-state index contributed by atoms with van der Waals surface area (Å²) >= 11 is 1.22. The highest BCUT2D eigenvalue weighted by Gasteiger charge is 2.32. The van der Waals surface area contributed by atoms with E-state index >= 15 is 0 Å². The molecule has 2 aliphatic heterocycles. The van der Waals surface area contributed by atoms with Gasteiger partial charge in [-0.25, -0.2) is 13.1 Å². The Morgan fingerprint density at radius 1 is 1.20 bits per heavy atom. The maximum Gasteiger partial charge on any atom is 0.269 e. The molecule has 25 heavy (non-hydrogen) atoms. The lowest BCUT2D eigenvalue weighted by Gasteiger charge is -2.34. The van der Waals surface area contributed by atoms with Crippen LogP contribution in [0.2, 0.25) is 0 Å². The van der Waals surface area contributed by atoms with Crippen molar-refractivity contribution in [3.05, 3.63) is 40.1 Å². The molecule has 9 heteroatoms. The third-order valence-electron chi connectivity index (χ3n) is 4.83. The molecule has 0 aliphatic carbocycles. The van der Waals surface area contributed by atoms with E-state index in [2.05, 4.69) is 10.00 Å². The molecule has 2 fully saturated rings. The summed E-state index contributed by atoms with van der Waals surface area (Å²) in [7, 11) is -3.49. The number of aromatic nitrogens is 2. The van der Waals surface area contributed by atoms with Gasteiger partial charge >= 0.3 is 0 Å². The minimum atomic E-state index is -3.49. The van der Waals surface area contributed by atoms with Gasteiger partial charge in [-0.2, -0.15) is 9.40 Å². The Balaban J connectivity index is 1.56. The van der Waals surface area contributed by atoms with Gasteiger partial charge < -0.3 is 4.90 Å². The number of hydrogen-bond donors (Lipinski definition) is 0. The van der Waals surface area contributed by atoms with Crippen LogP contribution in [0.1, 0.15) is 25.3 Å². The Hall–Kier alpha value is -1.71. The molecule has 0 radical (unpaired) electrons. The van der Waals surface area contributed by atoms with Crippen molar-refractivity contribution >= 4 is 27.0 Å². The number of hydrogen-bond acceptors (Lipinski definition) is 6. The molecule has 7 nitrogen and oxygen atoms in total. The summed E-state index contributed by atoms with van der Waals surface area (Å²) in [5.41, 5.74) is 0.691. The lowest BCUT2D eigenvalue weighted by molar-refractivity contribution is 0.248. The molecule has 4 heterocycles. The summed E-state index contributed by atoms with van der Waals surface area (Å²) in [5.74, 6) is 0. The van der Waals surface area contributed by atoms with Crippen LogP contribution >= 0.6 is 11.3 Å². The van der Waals surface area contributed by atoms with Crippen molar-refractivity contribution in [2.45, 2.75) is 29.5 Å². The van der Waals surface area contributed by atoms with Crippen LogP contribution in [0.5, 0.6) is 0 Å². The van der Waals surface area contributed by atoms with Crippen LogP contribution in [0.15, 0.2) is 38.8 Å². The van der Waals surface area contributed by atoms with E-state index in [-0.39, 0.29) is 18.1 Å². The zero-order chi connectivity index (χ0) is 17.4. The molecule has 0 N–H and O–H groups in total. The van der Waals surface area contributed by atoms with E-state index in [0.29, 0.717) is 10.8 Å². The lowest BCUT2D eigenvalue weighted by atomic mass is 10.1. The minimum Gasteiger partial charge on any atom is -0.370 e. The molecule has 0 saturated carbocycles. The quantitative estimate of drug-likeness (QED) is 0.804. The summed E-state index contributed by atoms with van der Waals surface area (Å²) in [6, 6.07) is 4.75. The zero-order valence-corrected chi connectivity index (χ0v) is 15.4. The summed E-state index contributed by atoms with van der Waals surface area (Å²) in [4.78, 5) is 14.6. The molecule has 0 unspecified atom stereocenters. The SMILES string of the molecule is O=c1cc(N2CCC2)cnn1[C@@H]1CCCN(S(=O)(=O)c2cccs2)C1. The minimum absolute atomic E-state index is 0.162. The molecule has 2 aromatic rings. The van der Waals surface area contributed by atoms with Crippen molar-refractivity contribution in [3.8, 4) is 0 Å². The molecule has 2 aliphatic rings. The first-order valence-corrected chi connectivity index (χ1v) is 10.8. The molecule has 1 atom stereocenters. The normalized spacial score (nSPS) is 21.9. The summed E-state index contributed by atoms with van der Waals surface area (Å²) < 4.78 is 28.7. The van der Waals surface area contributed by atoms with Gasteiger partial charge in [-0.05, 0) is 30.7 Å². The maximum absolute atomic E-state index is 12.7. The van der Waals surface area contributed by atoms with E-state index in [1.165, 1.54) is 20.3 Å². The molecule has 0 aromatic carbocycles. The van der Waals surface area contributed by atoms with Crippen molar-refractivity contribution in [3.63, 3.8) is 0 Å². The fraction of sp³-hybridized carbons (Fsp3) is 0.500. The summed E-state index contributed by atoms with van der Waals surface area (Å²) in [5, 5.41) is 6.09. The third-order valence-corrected chi connectivity index (χ3v) is 8.07.